The van der Waals surface area contributed by atoms with Crippen molar-refractivity contribution in [1.82, 2.24) is 0 Å². The van der Waals surface area contributed by atoms with Crippen molar-refractivity contribution in [3.8, 4) is 45.8 Å². The van der Waals surface area contributed by atoms with Gasteiger partial charge >= 0.3 is 0 Å². The van der Waals surface area contributed by atoms with Crippen LogP contribution in [0.2, 0.25) is 0 Å². The molecule has 0 aliphatic rings. The molecule has 0 spiro atoms. The largest absolute Gasteiger partial charge is 0.504 e. The number of methoxy groups -OCH3 is 2. The lowest BCUT2D eigenvalue weighted by Crippen LogP contribution is -2.08. The van der Waals surface area contributed by atoms with E-state index < -0.39 is 22.7 Å². The second-order valence-corrected chi connectivity index (χ2v) is 5.15. The first kappa shape index (κ1) is 16.3. The summed E-state index contributed by atoms with van der Waals surface area (Å²) in [6.45, 7) is 0. The van der Waals surface area contributed by atoms with Gasteiger partial charge in [-0.15, -0.1) is 0 Å². The predicted octanol–water partition coefficient (Wildman–Crippen LogP) is 2.30. The number of aromatic hydroxyl groups is 4. The molecule has 0 radical (unpaired) electrons. The van der Waals surface area contributed by atoms with Gasteiger partial charge in [-0.05, 0) is 24.3 Å². The van der Waals surface area contributed by atoms with E-state index in [0.717, 1.165) is 0 Å². The fraction of sp³-hybridized carbons (Fsp3) is 0.118. The van der Waals surface area contributed by atoms with Crippen LogP contribution in [0.25, 0.3) is 22.3 Å². The molecule has 3 aromatic rings. The molecule has 3 rings (SSSR count). The smallest absolute Gasteiger partial charge is 0.235 e. The van der Waals surface area contributed by atoms with E-state index in [1.165, 1.54) is 38.5 Å². The Morgan fingerprint density at radius 2 is 1.64 bits per heavy atom. The maximum absolute atomic E-state index is 12.7. The molecule has 0 amide bonds. The minimum absolute atomic E-state index is 0.0595. The Morgan fingerprint density at radius 1 is 0.920 bits per heavy atom. The highest BCUT2D eigenvalue weighted by molar-refractivity contribution is 5.90. The Balaban J connectivity index is 2.42. The number of phenols is 4. The van der Waals surface area contributed by atoms with E-state index in [-0.39, 0.29) is 39.5 Å². The monoisotopic (exact) mass is 346 g/mol. The molecule has 4 N–H and O–H groups in total. The number of rotatable bonds is 3. The van der Waals surface area contributed by atoms with Crippen LogP contribution in [-0.2, 0) is 0 Å². The van der Waals surface area contributed by atoms with Crippen LogP contribution in [-0.4, -0.2) is 34.6 Å². The lowest BCUT2D eigenvalue weighted by atomic mass is 10.1. The molecule has 0 bridgehead atoms. The van der Waals surface area contributed by atoms with Crippen LogP contribution < -0.4 is 14.9 Å². The third-order valence-electron chi connectivity index (χ3n) is 3.72. The van der Waals surface area contributed by atoms with Crippen LogP contribution in [0.4, 0.5) is 0 Å². The molecule has 2 aromatic carbocycles. The van der Waals surface area contributed by atoms with Gasteiger partial charge in [0.2, 0.25) is 22.7 Å². The van der Waals surface area contributed by atoms with Crippen LogP contribution in [0.3, 0.4) is 0 Å². The average molecular weight is 346 g/mol. The summed E-state index contributed by atoms with van der Waals surface area (Å²) < 4.78 is 15.6. The molecule has 0 atom stereocenters. The van der Waals surface area contributed by atoms with Gasteiger partial charge in [0, 0.05) is 5.56 Å². The Labute approximate surface area is 140 Å². The highest BCUT2D eigenvalue weighted by atomic mass is 16.5. The van der Waals surface area contributed by atoms with Crippen molar-refractivity contribution in [1.29, 1.82) is 0 Å². The fourth-order valence-electron chi connectivity index (χ4n) is 2.46. The summed E-state index contributed by atoms with van der Waals surface area (Å²) in [5.41, 5.74) is -0.660. The second kappa shape index (κ2) is 5.82. The van der Waals surface area contributed by atoms with Gasteiger partial charge in [-0.1, -0.05) is 0 Å². The van der Waals surface area contributed by atoms with Gasteiger partial charge in [-0.25, -0.2) is 0 Å². The van der Waals surface area contributed by atoms with E-state index in [1.807, 2.05) is 0 Å². The molecule has 1 aromatic heterocycles. The molecule has 0 aliphatic heterocycles. The Kier molecular flexibility index (Phi) is 3.80. The fourth-order valence-corrected chi connectivity index (χ4v) is 2.46. The van der Waals surface area contributed by atoms with Gasteiger partial charge in [0.1, 0.15) is 0 Å². The van der Waals surface area contributed by atoms with E-state index in [1.54, 1.807) is 0 Å². The quantitative estimate of drug-likeness (QED) is 0.532. The van der Waals surface area contributed by atoms with E-state index in [2.05, 4.69) is 0 Å². The zero-order chi connectivity index (χ0) is 18.3. The molecule has 0 fully saturated rings. The van der Waals surface area contributed by atoms with E-state index >= 15 is 0 Å². The summed E-state index contributed by atoms with van der Waals surface area (Å²) in [5, 5.41) is 39.1. The minimum Gasteiger partial charge on any atom is -0.504 e. The normalized spacial score (nSPS) is 10.8. The second-order valence-electron chi connectivity index (χ2n) is 5.15. The third-order valence-corrected chi connectivity index (χ3v) is 3.72. The molecule has 8 heteroatoms. The number of hydrogen-bond acceptors (Lipinski definition) is 8. The molecule has 0 aliphatic carbocycles. The molecule has 0 saturated heterocycles. The topological polar surface area (TPSA) is 130 Å². The van der Waals surface area contributed by atoms with Crippen molar-refractivity contribution < 1.29 is 34.3 Å². The Morgan fingerprint density at radius 3 is 2.24 bits per heavy atom. The van der Waals surface area contributed by atoms with Crippen molar-refractivity contribution in [2.75, 3.05) is 14.2 Å². The molecule has 25 heavy (non-hydrogen) atoms. The summed E-state index contributed by atoms with van der Waals surface area (Å²) in [6, 6.07) is 4.99. The average Bonchev–Trinajstić information content (AvgIpc) is 2.60. The summed E-state index contributed by atoms with van der Waals surface area (Å²) in [4.78, 5) is 12.7. The van der Waals surface area contributed by atoms with E-state index in [4.69, 9.17) is 13.9 Å². The first-order chi connectivity index (χ1) is 11.9. The van der Waals surface area contributed by atoms with Gasteiger partial charge in [-0.2, -0.15) is 0 Å². The van der Waals surface area contributed by atoms with Crippen molar-refractivity contribution in [3.05, 3.63) is 34.5 Å². The van der Waals surface area contributed by atoms with Crippen LogP contribution in [0.5, 0.6) is 34.5 Å². The highest BCUT2D eigenvalue weighted by Gasteiger charge is 2.23. The van der Waals surface area contributed by atoms with E-state index in [9.17, 15) is 25.2 Å². The van der Waals surface area contributed by atoms with Crippen molar-refractivity contribution in [2.24, 2.45) is 0 Å². The van der Waals surface area contributed by atoms with Gasteiger partial charge in [-0.3, -0.25) is 4.79 Å². The molecule has 8 nitrogen and oxygen atoms in total. The molecule has 130 valence electrons. The first-order valence-corrected chi connectivity index (χ1v) is 7.05. The van der Waals surface area contributed by atoms with Crippen LogP contribution in [0, 0.1) is 0 Å². The molecular formula is C17H14O8. The third kappa shape index (κ3) is 2.44. The number of hydrogen-bond donors (Lipinski definition) is 4. The maximum Gasteiger partial charge on any atom is 0.235 e. The Hall–Kier alpha value is -3.55. The lowest BCUT2D eigenvalue weighted by molar-refractivity contribution is 0.349. The number of fused-ring (bicyclic) bond motifs is 1. The molecule has 1 heterocycles. The standard InChI is InChI=1S/C17H14O8/c1-23-11-6-8-12(20)17(24-2)15(25-16(8)14(22)13(11)21)7-3-4-9(18)10(19)5-7/h3-6,18-19,21-22H,1-2H3. The lowest BCUT2D eigenvalue weighted by Gasteiger charge is -2.12. The Bertz CT molecular complexity index is 1040. The zero-order valence-corrected chi connectivity index (χ0v) is 13.2. The predicted molar refractivity (Wildman–Crippen MR) is 87.7 cm³/mol. The van der Waals surface area contributed by atoms with Crippen molar-refractivity contribution in [3.63, 3.8) is 0 Å². The summed E-state index contributed by atoms with van der Waals surface area (Å²) >= 11 is 0. The SMILES string of the molecule is COc1cc2c(=O)c(OC)c(-c3ccc(O)c(O)c3)oc2c(O)c1O. The summed E-state index contributed by atoms with van der Waals surface area (Å²) in [5.74, 6) is -2.39. The number of phenolic OH excluding ortho intramolecular Hbond substituents is 4. The maximum atomic E-state index is 12.7. The summed E-state index contributed by atoms with van der Waals surface area (Å²) in [6.07, 6.45) is 0. The summed E-state index contributed by atoms with van der Waals surface area (Å²) in [7, 11) is 2.53. The number of benzene rings is 2. The van der Waals surface area contributed by atoms with Crippen LogP contribution in [0.1, 0.15) is 0 Å². The van der Waals surface area contributed by atoms with Gasteiger partial charge in [0.05, 0.1) is 19.6 Å². The van der Waals surface area contributed by atoms with Crippen LogP contribution >= 0.6 is 0 Å². The van der Waals surface area contributed by atoms with Crippen molar-refractivity contribution >= 4 is 11.0 Å². The van der Waals surface area contributed by atoms with E-state index in [0.29, 0.717) is 0 Å². The van der Waals surface area contributed by atoms with Crippen molar-refractivity contribution in [2.45, 2.75) is 0 Å². The van der Waals surface area contributed by atoms with Crippen LogP contribution in [0.15, 0.2) is 33.5 Å². The van der Waals surface area contributed by atoms with Gasteiger partial charge in [0.25, 0.3) is 0 Å². The van der Waals surface area contributed by atoms with Gasteiger partial charge < -0.3 is 34.3 Å². The minimum atomic E-state index is -0.668. The van der Waals surface area contributed by atoms with Gasteiger partial charge in [0.15, 0.2) is 28.6 Å². The zero-order valence-electron chi connectivity index (χ0n) is 13.2. The molecule has 0 saturated carbocycles. The first-order valence-electron chi connectivity index (χ1n) is 7.05. The molecule has 0 unspecified atom stereocenters. The number of ether oxygens (including phenoxy) is 2. The highest BCUT2D eigenvalue weighted by Crippen LogP contribution is 2.44. The molecular weight excluding hydrogens is 332 g/mol.